The molecule has 29 heavy (non-hydrogen) atoms. The zero-order valence-electron chi connectivity index (χ0n) is 16.6. The molecule has 0 aliphatic rings. The highest BCUT2D eigenvalue weighted by Crippen LogP contribution is 2.18. The van der Waals surface area contributed by atoms with Crippen LogP contribution in [0.3, 0.4) is 0 Å². The largest absolute Gasteiger partial charge is 0.322 e. The molecule has 5 heteroatoms. The van der Waals surface area contributed by atoms with Crippen LogP contribution in [0.15, 0.2) is 71.5 Å². The molecule has 4 rings (SSSR count). The maximum Gasteiger partial charge on any atom is 0.265 e. The summed E-state index contributed by atoms with van der Waals surface area (Å²) in [6.45, 7) is 5.78. The Morgan fingerprint density at radius 2 is 1.66 bits per heavy atom. The third kappa shape index (κ3) is 3.55. The first-order valence-corrected chi connectivity index (χ1v) is 9.41. The average Bonchev–Trinajstić information content (AvgIpc) is 2.70. The Hall–Kier alpha value is -3.73. The molecule has 5 nitrogen and oxygen atoms in total. The van der Waals surface area contributed by atoms with Gasteiger partial charge in [-0.05, 0) is 68.8 Å². The van der Waals surface area contributed by atoms with Crippen molar-refractivity contribution in [2.75, 3.05) is 5.32 Å². The van der Waals surface area contributed by atoms with Gasteiger partial charge in [-0.1, -0.05) is 29.8 Å². The van der Waals surface area contributed by atoms with Crippen LogP contribution in [0.1, 0.15) is 27.3 Å². The van der Waals surface area contributed by atoms with E-state index in [9.17, 15) is 9.59 Å². The maximum atomic E-state index is 12.9. The fraction of sp³-hybridized carbons (Fsp3) is 0.125. The smallest absolute Gasteiger partial charge is 0.265 e. The van der Waals surface area contributed by atoms with Crippen molar-refractivity contribution in [2.24, 2.45) is 0 Å². The topological polar surface area (TPSA) is 64.0 Å². The molecule has 0 spiro atoms. The number of nitrogens with one attached hydrogen (secondary N) is 1. The van der Waals surface area contributed by atoms with Gasteiger partial charge < -0.3 is 5.32 Å². The van der Waals surface area contributed by atoms with Crippen molar-refractivity contribution in [3.05, 3.63) is 99.6 Å². The van der Waals surface area contributed by atoms with Gasteiger partial charge in [0.25, 0.3) is 11.5 Å². The van der Waals surface area contributed by atoms with E-state index in [1.54, 1.807) is 41.8 Å². The molecule has 4 aromatic rings. The Morgan fingerprint density at radius 1 is 0.931 bits per heavy atom. The van der Waals surface area contributed by atoms with Crippen LogP contribution in [-0.4, -0.2) is 15.5 Å². The summed E-state index contributed by atoms with van der Waals surface area (Å²) in [4.78, 5) is 30.1. The minimum Gasteiger partial charge on any atom is -0.322 e. The second-order valence-electron chi connectivity index (χ2n) is 7.14. The fourth-order valence-electron chi connectivity index (χ4n) is 3.46. The molecule has 0 unspecified atom stereocenters. The molecular weight excluding hydrogens is 362 g/mol. The van der Waals surface area contributed by atoms with E-state index >= 15 is 0 Å². The lowest BCUT2D eigenvalue weighted by atomic mass is 10.1. The highest BCUT2D eigenvalue weighted by molar-refractivity contribution is 6.04. The van der Waals surface area contributed by atoms with Crippen LogP contribution in [0.25, 0.3) is 16.6 Å². The molecule has 0 saturated carbocycles. The van der Waals surface area contributed by atoms with Crippen molar-refractivity contribution in [2.45, 2.75) is 20.8 Å². The number of anilines is 1. The van der Waals surface area contributed by atoms with E-state index in [0.29, 0.717) is 28.0 Å². The summed E-state index contributed by atoms with van der Waals surface area (Å²) in [5, 5.41) is 3.50. The van der Waals surface area contributed by atoms with Crippen molar-refractivity contribution >= 4 is 22.5 Å². The maximum absolute atomic E-state index is 12.9. The number of para-hydroxylation sites is 1. The van der Waals surface area contributed by atoms with Gasteiger partial charge in [0.1, 0.15) is 5.82 Å². The van der Waals surface area contributed by atoms with E-state index in [1.165, 1.54) is 0 Å². The number of carbonyl (C=O) groups excluding carboxylic acids is 1. The van der Waals surface area contributed by atoms with Gasteiger partial charge in [-0.15, -0.1) is 0 Å². The summed E-state index contributed by atoms with van der Waals surface area (Å²) in [6.07, 6.45) is 0. The number of benzene rings is 3. The molecule has 3 aromatic carbocycles. The summed E-state index contributed by atoms with van der Waals surface area (Å²) in [5.74, 6) is 0.408. The monoisotopic (exact) mass is 383 g/mol. The van der Waals surface area contributed by atoms with E-state index in [0.717, 1.165) is 16.8 Å². The van der Waals surface area contributed by atoms with Crippen LogP contribution < -0.4 is 10.9 Å². The number of rotatable bonds is 3. The number of aromatic nitrogens is 2. The predicted octanol–water partition coefficient (Wildman–Crippen LogP) is 4.56. The quantitative estimate of drug-likeness (QED) is 0.564. The van der Waals surface area contributed by atoms with Crippen molar-refractivity contribution in [1.82, 2.24) is 9.55 Å². The number of hydrogen-bond acceptors (Lipinski definition) is 3. The van der Waals surface area contributed by atoms with Gasteiger partial charge in [0.15, 0.2) is 0 Å². The minimum absolute atomic E-state index is 0.124. The van der Waals surface area contributed by atoms with Crippen molar-refractivity contribution in [3.8, 4) is 5.69 Å². The van der Waals surface area contributed by atoms with E-state index in [1.807, 2.05) is 50.2 Å². The van der Waals surface area contributed by atoms with Crippen LogP contribution >= 0.6 is 0 Å². The van der Waals surface area contributed by atoms with Gasteiger partial charge >= 0.3 is 0 Å². The second kappa shape index (κ2) is 7.36. The third-order valence-electron chi connectivity index (χ3n) is 4.96. The first kappa shape index (κ1) is 18.6. The van der Waals surface area contributed by atoms with E-state index in [2.05, 4.69) is 10.3 Å². The van der Waals surface area contributed by atoms with Crippen molar-refractivity contribution in [1.29, 1.82) is 0 Å². The summed E-state index contributed by atoms with van der Waals surface area (Å²) in [6, 6.07) is 20.1. The molecule has 1 aromatic heterocycles. The number of fused-ring (bicyclic) bond motifs is 1. The summed E-state index contributed by atoms with van der Waals surface area (Å²) < 4.78 is 1.56. The Bertz CT molecular complexity index is 1290. The van der Waals surface area contributed by atoms with E-state index in [4.69, 9.17) is 0 Å². The first-order chi connectivity index (χ1) is 13.9. The Kier molecular flexibility index (Phi) is 4.72. The molecule has 0 fully saturated rings. The Labute approximate surface area is 168 Å². The molecule has 0 aliphatic heterocycles. The lowest BCUT2D eigenvalue weighted by Gasteiger charge is -2.12. The number of aryl methyl sites for hydroxylation is 3. The molecule has 0 atom stereocenters. The zero-order chi connectivity index (χ0) is 20.5. The highest BCUT2D eigenvalue weighted by Gasteiger charge is 2.12. The minimum atomic E-state index is -0.191. The van der Waals surface area contributed by atoms with Gasteiger partial charge in [0, 0.05) is 11.3 Å². The van der Waals surface area contributed by atoms with Crippen molar-refractivity contribution < 1.29 is 4.79 Å². The number of nitrogens with zero attached hydrogens (tertiary/aromatic N) is 2. The van der Waals surface area contributed by atoms with E-state index < -0.39 is 0 Å². The molecule has 0 bridgehead atoms. The standard InChI is InChI=1S/C24H21N3O2/c1-15-8-13-21(16(2)14-15)26-23(28)18-9-11-19(12-10-18)27-17(3)25-22-7-5-4-6-20(22)24(27)29/h4-14H,1-3H3,(H,26,28). The Balaban J connectivity index is 1.65. The highest BCUT2D eigenvalue weighted by atomic mass is 16.1. The second-order valence-corrected chi connectivity index (χ2v) is 7.14. The zero-order valence-corrected chi connectivity index (χ0v) is 16.6. The lowest BCUT2D eigenvalue weighted by molar-refractivity contribution is 0.102. The molecular formula is C24H21N3O2. The molecule has 0 saturated heterocycles. The summed E-state index contributed by atoms with van der Waals surface area (Å²) in [7, 11) is 0. The molecule has 1 N–H and O–H groups in total. The normalized spacial score (nSPS) is 10.9. The average molecular weight is 383 g/mol. The molecule has 144 valence electrons. The molecule has 1 amide bonds. The van der Waals surface area contributed by atoms with Crippen LogP contribution in [0, 0.1) is 20.8 Å². The Morgan fingerprint density at radius 3 is 2.38 bits per heavy atom. The van der Waals surface area contributed by atoms with Crippen LogP contribution in [0.4, 0.5) is 5.69 Å². The molecule has 0 radical (unpaired) electrons. The van der Waals surface area contributed by atoms with Crippen molar-refractivity contribution in [3.63, 3.8) is 0 Å². The third-order valence-corrected chi connectivity index (χ3v) is 4.96. The van der Waals surface area contributed by atoms with Crippen LogP contribution in [0.2, 0.25) is 0 Å². The van der Waals surface area contributed by atoms with Crippen LogP contribution in [-0.2, 0) is 0 Å². The number of carbonyl (C=O) groups is 1. The van der Waals surface area contributed by atoms with Gasteiger partial charge in [0.2, 0.25) is 0 Å². The predicted molar refractivity (Wildman–Crippen MR) is 116 cm³/mol. The van der Waals surface area contributed by atoms with Gasteiger partial charge in [-0.3, -0.25) is 14.2 Å². The molecule has 0 aliphatic carbocycles. The van der Waals surface area contributed by atoms with E-state index in [-0.39, 0.29) is 11.5 Å². The number of hydrogen-bond donors (Lipinski definition) is 1. The van der Waals surface area contributed by atoms with Gasteiger partial charge in [0.05, 0.1) is 16.6 Å². The van der Waals surface area contributed by atoms with Gasteiger partial charge in [-0.25, -0.2) is 4.98 Å². The fourth-order valence-corrected chi connectivity index (χ4v) is 3.46. The first-order valence-electron chi connectivity index (χ1n) is 9.41. The summed E-state index contributed by atoms with van der Waals surface area (Å²) >= 11 is 0. The SMILES string of the molecule is Cc1ccc(NC(=O)c2ccc(-n3c(C)nc4ccccc4c3=O)cc2)c(C)c1. The van der Waals surface area contributed by atoms with Gasteiger partial charge in [-0.2, -0.15) is 0 Å². The number of amides is 1. The lowest BCUT2D eigenvalue weighted by Crippen LogP contribution is -2.22. The summed E-state index contributed by atoms with van der Waals surface area (Å²) in [5.41, 5.74) is 4.70. The van der Waals surface area contributed by atoms with Crippen LogP contribution in [0.5, 0.6) is 0 Å². The molecule has 1 heterocycles.